The minimum absolute atomic E-state index is 0.0220. The molecule has 0 N–H and O–H groups in total. The van der Waals surface area contributed by atoms with Gasteiger partial charge in [-0.25, -0.2) is 8.60 Å². The van der Waals surface area contributed by atoms with Gasteiger partial charge in [-0.15, -0.1) is 0 Å². The predicted octanol–water partition coefficient (Wildman–Crippen LogP) is 5.13. The number of halogens is 4. The average Bonchev–Trinajstić information content (AvgIpc) is 3.41. The molecule has 1 fully saturated rings. The Morgan fingerprint density at radius 2 is 1.83 bits per heavy atom. The third-order valence-electron chi connectivity index (χ3n) is 4.88. The fourth-order valence-corrected chi connectivity index (χ4v) is 4.52. The average molecular weight is 435 g/mol. The Labute approximate surface area is 170 Å². The van der Waals surface area contributed by atoms with Gasteiger partial charge in [0.2, 0.25) is 0 Å². The van der Waals surface area contributed by atoms with Gasteiger partial charge in [0.15, 0.2) is 0 Å². The summed E-state index contributed by atoms with van der Waals surface area (Å²) < 4.78 is 75.1. The molecule has 0 unspecified atom stereocenters. The molecule has 2 rings (SSSR count). The first-order valence-corrected chi connectivity index (χ1v) is 10.7. The largest absolute Gasteiger partial charge is 0.466 e. The van der Waals surface area contributed by atoms with E-state index in [1.54, 1.807) is 0 Å². The standard InChI is InChI=1S/C20H25F4NO3S/c1-3-9-19(10-11-19)29(27)25-17(14-5-7-16(21)8-6-14)12-15(20(22,23)24)13-18(26)28-4-2/h5-8,15H,3-4,9-13H2,1-2H3/t15-,29+/m0/s1. The molecule has 9 heteroatoms. The summed E-state index contributed by atoms with van der Waals surface area (Å²) in [6.45, 7) is 3.44. The molecule has 0 saturated heterocycles. The molecule has 0 heterocycles. The second kappa shape index (κ2) is 9.82. The number of carbonyl (C=O) groups excluding carboxylic acids is 1. The van der Waals surface area contributed by atoms with Gasteiger partial charge in [-0.1, -0.05) is 25.5 Å². The molecule has 0 amide bonds. The van der Waals surface area contributed by atoms with E-state index in [0.717, 1.165) is 18.6 Å². The van der Waals surface area contributed by atoms with E-state index >= 15 is 0 Å². The minimum Gasteiger partial charge on any atom is -0.466 e. The number of benzene rings is 1. The molecule has 1 aliphatic rings. The molecule has 1 aromatic carbocycles. The number of ether oxygens (including phenoxy) is 1. The van der Waals surface area contributed by atoms with Crippen LogP contribution in [0.15, 0.2) is 28.7 Å². The van der Waals surface area contributed by atoms with E-state index in [-0.39, 0.29) is 17.9 Å². The Morgan fingerprint density at radius 1 is 1.21 bits per heavy atom. The van der Waals surface area contributed by atoms with Gasteiger partial charge in [-0.3, -0.25) is 4.79 Å². The molecule has 1 aromatic rings. The van der Waals surface area contributed by atoms with Crippen molar-refractivity contribution < 1.29 is 31.3 Å². The Hall–Kier alpha value is -1.77. The summed E-state index contributed by atoms with van der Waals surface area (Å²) in [6.07, 6.45) is -3.28. The van der Waals surface area contributed by atoms with Gasteiger partial charge in [0.05, 0.1) is 29.4 Å². The molecule has 0 radical (unpaired) electrons. The topological polar surface area (TPSA) is 55.7 Å². The maximum Gasteiger partial charge on any atom is 0.392 e. The number of nitrogens with zero attached hydrogens (tertiary/aromatic N) is 1. The van der Waals surface area contributed by atoms with E-state index in [1.165, 1.54) is 19.1 Å². The summed E-state index contributed by atoms with van der Waals surface area (Å²) in [4.78, 5) is 11.7. The van der Waals surface area contributed by atoms with Gasteiger partial charge in [-0.05, 0) is 43.9 Å². The van der Waals surface area contributed by atoms with Crippen molar-refractivity contribution in [3.8, 4) is 0 Å². The third-order valence-corrected chi connectivity index (χ3v) is 6.61. The summed E-state index contributed by atoms with van der Waals surface area (Å²) in [7, 11) is -1.70. The van der Waals surface area contributed by atoms with E-state index in [0.29, 0.717) is 19.3 Å². The quantitative estimate of drug-likeness (QED) is 0.291. The molecule has 162 valence electrons. The molecular formula is C20H25F4NO3S. The van der Waals surface area contributed by atoms with Crippen LogP contribution in [-0.2, 0) is 20.5 Å². The lowest BCUT2D eigenvalue weighted by Gasteiger charge is -2.21. The number of alkyl halides is 3. The van der Waals surface area contributed by atoms with Crippen LogP contribution in [0.1, 0.15) is 57.9 Å². The van der Waals surface area contributed by atoms with Crippen molar-refractivity contribution in [2.45, 2.75) is 63.3 Å². The Kier molecular flexibility index (Phi) is 7.96. The predicted molar refractivity (Wildman–Crippen MR) is 103 cm³/mol. The Morgan fingerprint density at radius 3 is 2.31 bits per heavy atom. The van der Waals surface area contributed by atoms with Crippen molar-refractivity contribution in [3.63, 3.8) is 0 Å². The molecular weight excluding hydrogens is 410 g/mol. The van der Waals surface area contributed by atoms with Crippen LogP contribution in [0.25, 0.3) is 0 Å². The van der Waals surface area contributed by atoms with Crippen LogP contribution >= 0.6 is 0 Å². The van der Waals surface area contributed by atoms with Gasteiger partial charge >= 0.3 is 12.1 Å². The molecule has 2 atom stereocenters. The van der Waals surface area contributed by atoms with Gasteiger partial charge in [0.25, 0.3) is 0 Å². The maximum absolute atomic E-state index is 13.6. The van der Waals surface area contributed by atoms with E-state index in [9.17, 15) is 26.6 Å². The van der Waals surface area contributed by atoms with Crippen LogP contribution in [0.2, 0.25) is 0 Å². The molecule has 4 nitrogen and oxygen atoms in total. The number of hydrogen-bond acceptors (Lipinski definition) is 3. The number of rotatable bonds is 10. The van der Waals surface area contributed by atoms with Crippen LogP contribution in [0.3, 0.4) is 0 Å². The van der Waals surface area contributed by atoms with Crippen LogP contribution in [0, 0.1) is 11.7 Å². The third kappa shape index (κ3) is 6.62. The van der Waals surface area contributed by atoms with Gasteiger partial charge in [-0.2, -0.15) is 17.6 Å². The highest BCUT2D eigenvalue weighted by Crippen LogP contribution is 2.46. The Balaban J connectivity index is 2.35. The first kappa shape index (κ1) is 23.5. The zero-order chi connectivity index (χ0) is 21.7. The highest BCUT2D eigenvalue weighted by atomic mass is 32.2. The SMILES string of the molecule is CCCC1([S@@](=O)N=C(C[C@@H](CC(=O)OCC)C(F)(F)F)c2ccc(F)cc2)CC1. The van der Waals surface area contributed by atoms with Gasteiger partial charge in [0, 0.05) is 6.42 Å². The summed E-state index contributed by atoms with van der Waals surface area (Å²) in [6, 6.07) is 4.84. The van der Waals surface area contributed by atoms with Crippen molar-refractivity contribution in [1.29, 1.82) is 0 Å². The molecule has 0 spiro atoms. The smallest absolute Gasteiger partial charge is 0.392 e. The number of esters is 1. The number of hydrogen-bond donors (Lipinski definition) is 0. The fourth-order valence-electron chi connectivity index (χ4n) is 3.11. The van der Waals surface area contributed by atoms with E-state index in [1.807, 2.05) is 6.92 Å². The van der Waals surface area contributed by atoms with E-state index < -0.39 is 52.5 Å². The van der Waals surface area contributed by atoms with Crippen molar-refractivity contribution >= 4 is 22.7 Å². The zero-order valence-corrected chi connectivity index (χ0v) is 17.2. The molecule has 1 aliphatic carbocycles. The van der Waals surface area contributed by atoms with Crippen molar-refractivity contribution in [3.05, 3.63) is 35.6 Å². The molecule has 0 aromatic heterocycles. The van der Waals surface area contributed by atoms with Crippen molar-refractivity contribution in [2.75, 3.05) is 6.61 Å². The lowest BCUT2D eigenvalue weighted by Crippen LogP contribution is -2.29. The lowest BCUT2D eigenvalue weighted by molar-refractivity contribution is -0.182. The Bertz CT molecular complexity index is 758. The normalized spacial score (nSPS) is 18.2. The maximum atomic E-state index is 13.6. The molecule has 1 saturated carbocycles. The van der Waals surface area contributed by atoms with E-state index in [2.05, 4.69) is 9.13 Å². The molecule has 0 aliphatic heterocycles. The molecule has 0 bridgehead atoms. The van der Waals surface area contributed by atoms with Crippen LogP contribution in [-0.4, -0.2) is 33.4 Å². The summed E-state index contributed by atoms with van der Waals surface area (Å²) >= 11 is 0. The van der Waals surface area contributed by atoms with Crippen LogP contribution < -0.4 is 0 Å². The summed E-state index contributed by atoms with van der Waals surface area (Å²) in [5.74, 6) is -3.54. The van der Waals surface area contributed by atoms with Gasteiger partial charge in [0.1, 0.15) is 16.8 Å². The monoisotopic (exact) mass is 435 g/mol. The first-order chi connectivity index (χ1) is 13.6. The zero-order valence-electron chi connectivity index (χ0n) is 16.4. The minimum atomic E-state index is -4.67. The second-order valence-electron chi connectivity index (χ2n) is 7.18. The summed E-state index contributed by atoms with van der Waals surface area (Å²) in [5, 5.41) is 0. The second-order valence-corrected chi connectivity index (χ2v) is 8.73. The van der Waals surface area contributed by atoms with Crippen LogP contribution in [0.5, 0.6) is 0 Å². The van der Waals surface area contributed by atoms with Crippen LogP contribution in [0.4, 0.5) is 17.6 Å². The number of carbonyl (C=O) groups is 1. The fraction of sp³-hybridized carbons (Fsp3) is 0.600. The van der Waals surface area contributed by atoms with Crippen molar-refractivity contribution in [1.82, 2.24) is 0 Å². The lowest BCUT2D eigenvalue weighted by atomic mass is 9.94. The van der Waals surface area contributed by atoms with E-state index in [4.69, 9.17) is 0 Å². The van der Waals surface area contributed by atoms with Crippen molar-refractivity contribution in [2.24, 2.45) is 10.3 Å². The highest BCUT2D eigenvalue weighted by molar-refractivity contribution is 7.85. The molecule has 29 heavy (non-hydrogen) atoms. The highest BCUT2D eigenvalue weighted by Gasteiger charge is 2.48. The summed E-state index contributed by atoms with van der Waals surface area (Å²) in [5.41, 5.74) is 0.211. The van der Waals surface area contributed by atoms with Gasteiger partial charge < -0.3 is 4.74 Å². The first-order valence-electron chi connectivity index (χ1n) is 9.59.